The van der Waals surface area contributed by atoms with Gasteiger partial charge in [-0.15, -0.1) is 11.3 Å². The minimum absolute atomic E-state index is 0.674. The van der Waals surface area contributed by atoms with Gasteiger partial charge >= 0.3 is 0 Å². The summed E-state index contributed by atoms with van der Waals surface area (Å²) in [5.41, 5.74) is 5.66. The first kappa shape index (κ1) is 13.1. The van der Waals surface area contributed by atoms with Crippen LogP contribution in [0.1, 0.15) is 36.9 Å². The molecule has 0 amide bonds. The van der Waals surface area contributed by atoms with Crippen molar-refractivity contribution in [3.8, 4) is 0 Å². The van der Waals surface area contributed by atoms with Crippen molar-refractivity contribution in [3.63, 3.8) is 0 Å². The molecule has 0 saturated carbocycles. The van der Waals surface area contributed by atoms with Gasteiger partial charge in [-0.25, -0.2) is 0 Å². The molecule has 1 fully saturated rings. The maximum absolute atomic E-state index is 5.66. The summed E-state index contributed by atoms with van der Waals surface area (Å²) >= 11 is 1.86. The maximum Gasteiger partial charge on any atom is 0.0331 e. The van der Waals surface area contributed by atoms with Gasteiger partial charge in [-0.2, -0.15) is 0 Å². The van der Waals surface area contributed by atoms with Gasteiger partial charge in [0, 0.05) is 35.4 Å². The molecule has 3 heteroatoms. The first-order chi connectivity index (χ1) is 8.10. The number of hydrogen-bond donors (Lipinski definition) is 1. The summed E-state index contributed by atoms with van der Waals surface area (Å²) in [6.45, 7) is 10.1. The van der Waals surface area contributed by atoms with E-state index in [0.717, 1.165) is 18.4 Å². The van der Waals surface area contributed by atoms with Gasteiger partial charge in [-0.3, -0.25) is 4.90 Å². The second kappa shape index (κ2) is 5.51. The van der Waals surface area contributed by atoms with Crippen LogP contribution in [0.2, 0.25) is 0 Å². The number of piperidine rings is 1. The molecule has 3 unspecified atom stereocenters. The number of rotatable bonds is 3. The van der Waals surface area contributed by atoms with E-state index in [4.69, 9.17) is 5.73 Å². The predicted octanol–water partition coefficient (Wildman–Crippen LogP) is 3.07. The molecule has 1 aromatic heterocycles. The molecule has 1 aliphatic rings. The summed E-state index contributed by atoms with van der Waals surface area (Å²) in [6.07, 6.45) is 1.37. The first-order valence-corrected chi connectivity index (χ1v) is 7.43. The summed E-state index contributed by atoms with van der Waals surface area (Å²) in [5.74, 6) is 1.64. The molecule has 3 atom stereocenters. The van der Waals surface area contributed by atoms with Gasteiger partial charge in [-0.1, -0.05) is 13.8 Å². The van der Waals surface area contributed by atoms with Crippen LogP contribution in [0, 0.1) is 11.8 Å². The molecule has 0 bridgehead atoms. The lowest BCUT2D eigenvalue weighted by molar-refractivity contribution is 0.0739. The fraction of sp³-hybridized carbons (Fsp3) is 0.714. The van der Waals surface area contributed by atoms with Gasteiger partial charge in [0.05, 0.1) is 0 Å². The van der Waals surface area contributed by atoms with Gasteiger partial charge in [0.2, 0.25) is 0 Å². The van der Waals surface area contributed by atoms with Crippen molar-refractivity contribution >= 4 is 11.3 Å². The van der Waals surface area contributed by atoms with E-state index in [9.17, 15) is 0 Å². The monoisotopic (exact) mass is 252 g/mol. The van der Waals surface area contributed by atoms with Crippen molar-refractivity contribution in [2.24, 2.45) is 17.6 Å². The van der Waals surface area contributed by atoms with Crippen molar-refractivity contribution in [1.29, 1.82) is 0 Å². The smallest absolute Gasteiger partial charge is 0.0331 e. The predicted molar refractivity (Wildman–Crippen MR) is 75.0 cm³/mol. The average molecular weight is 252 g/mol. The van der Waals surface area contributed by atoms with Crippen LogP contribution in [-0.4, -0.2) is 17.5 Å². The van der Waals surface area contributed by atoms with Gasteiger partial charge in [0.1, 0.15) is 0 Å². The Balaban J connectivity index is 2.01. The maximum atomic E-state index is 5.66. The fourth-order valence-corrected chi connectivity index (χ4v) is 3.78. The largest absolute Gasteiger partial charge is 0.326 e. The van der Waals surface area contributed by atoms with E-state index >= 15 is 0 Å². The average Bonchev–Trinajstić information content (AvgIpc) is 2.73. The zero-order chi connectivity index (χ0) is 12.4. The Labute approximate surface area is 109 Å². The third-order valence-electron chi connectivity index (χ3n) is 4.00. The number of thiophene rings is 1. The summed E-state index contributed by atoms with van der Waals surface area (Å²) in [6, 6.07) is 5.11. The van der Waals surface area contributed by atoms with Crippen molar-refractivity contribution in [1.82, 2.24) is 4.90 Å². The van der Waals surface area contributed by atoms with Gasteiger partial charge in [-0.05, 0) is 37.3 Å². The number of nitrogens with two attached hydrogens (primary N) is 1. The second-order valence-electron chi connectivity index (χ2n) is 5.56. The molecule has 0 spiro atoms. The minimum Gasteiger partial charge on any atom is -0.326 e. The lowest BCUT2D eigenvalue weighted by atomic mass is 9.86. The molecule has 1 aliphatic heterocycles. The molecule has 0 aromatic carbocycles. The highest BCUT2D eigenvalue weighted by molar-refractivity contribution is 7.11. The molecule has 2 rings (SSSR count). The minimum atomic E-state index is 0.674. The van der Waals surface area contributed by atoms with Crippen LogP contribution in [0.5, 0.6) is 0 Å². The molecule has 17 heavy (non-hydrogen) atoms. The van der Waals surface area contributed by atoms with E-state index < -0.39 is 0 Å². The third-order valence-corrected chi connectivity index (χ3v) is 5.09. The van der Waals surface area contributed by atoms with Crippen molar-refractivity contribution < 1.29 is 0 Å². The molecule has 0 aliphatic carbocycles. The summed E-state index contributed by atoms with van der Waals surface area (Å²) < 4.78 is 0. The topological polar surface area (TPSA) is 29.3 Å². The standard InChI is InChI=1S/C14H24N2S/c1-10-6-11(2)12(3)16(8-10)9-14-5-4-13(7-15)17-14/h4-5,10-12H,6-9,15H2,1-3H3. The fourth-order valence-electron chi connectivity index (χ4n) is 2.86. The lowest BCUT2D eigenvalue weighted by Gasteiger charge is -2.40. The van der Waals surface area contributed by atoms with E-state index in [2.05, 4.69) is 37.8 Å². The van der Waals surface area contributed by atoms with Crippen LogP contribution in [0.25, 0.3) is 0 Å². The van der Waals surface area contributed by atoms with E-state index in [-0.39, 0.29) is 0 Å². The zero-order valence-electron chi connectivity index (χ0n) is 11.1. The van der Waals surface area contributed by atoms with E-state index in [0.29, 0.717) is 12.6 Å². The third kappa shape index (κ3) is 3.09. The molecule has 1 saturated heterocycles. The molecular weight excluding hydrogens is 228 g/mol. The second-order valence-corrected chi connectivity index (χ2v) is 6.81. The van der Waals surface area contributed by atoms with Crippen molar-refractivity contribution in [3.05, 3.63) is 21.9 Å². The Bertz CT molecular complexity index is 361. The molecule has 2 heterocycles. The lowest BCUT2D eigenvalue weighted by Crippen LogP contribution is -2.44. The molecule has 96 valence electrons. The Hall–Kier alpha value is -0.380. The van der Waals surface area contributed by atoms with Crippen LogP contribution < -0.4 is 5.73 Å². The summed E-state index contributed by atoms with van der Waals surface area (Å²) in [5, 5.41) is 0. The molecule has 2 N–H and O–H groups in total. The van der Waals surface area contributed by atoms with Crippen LogP contribution in [-0.2, 0) is 13.1 Å². The number of nitrogens with zero attached hydrogens (tertiary/aromatic N) is 1. The van der Waals surface area contributed by atoms with Crippen LogP contribution in [0.4, 0.5) is 0 Å². The van der Waals surface area contributed by atoms with Gasteiger partial charge in [0.25, 0.3) is 0 Å². The van der Waals surface area contributed by atoms with E-state index in [1.54, 1.807) is 0 Å². The Morgan fingerprint density at radius 2 is 2.00 bits per heavy atom. The highest BCUT2D eigenvalue weighted by Crippen LogP contribution is 2.29. The molecular formula is C14H24N2S. The zero-order valence-corrected chi connectivity index (χ0v) is 12.0. The van der Waals surface area contributed by atoms with Crippen molar-refractivity contribution in [2.75, 3.05) is 6.54 Å². The summed E-state index contributed by atoms with van der Waals surface area (Å²) in [4.78, 5) is 5.38. The molecule has 0 radical (unpaired) electrons. The highest BCUT2D eigenvalue weighted by atomic mass is 32.1. The molecule has 2 nitrogen and oxygen atoms in total. The highest BCUT2D eigenvalue weighted by Gasteiger charge is 2.28. The quantitative estimate of drug-likeness (QED) is 0.896. The Kier molecular flexibility index (Phi) is 4.23. The van der Waals surface area contributed by atoms with Crippen LogP contribution in [0.3, 0.4) is 0 Å². The Morgan fingerprint density at radius 1 is 1.29 bits per heavy atom. The SMILES string of the molecule is CC1CC(C)C(C)N(Cc2ccc(CN)s2)C1. The van der Waals surface area contributed by atoms with Crippen LogP contribution >= 0.6 is 11.3 Å². The normalized spacial score (nSPS) is 30.7. The first-order valence-electron chi connectivity index (χ1n) is 6.62. The summed E-state index contributed by atoms with van der Waals surface area (Å²) in [7, 11) is 0. The van der Waals surface area contributed by atoms with Crippen molar-refractivity contribution in [2.45, 2.75) is 46.3 Å². The van der Waals surface area contributed by atoms with Gasteiger partial charge < -0.3 is 5.73 Å². The van der Waals surface area contributed by atoms with Crippen LogP contribution in [0.15, 0.2) is 12.1 Å². The number of likely N-dealkylation sites (tertiary alicyclic amines) is 1. The molecule has 1 aromatic rings. The van der Waals surface area contributed by atoms with E-state index in [1.165, 1.54) is 22.7 Å². The van der Waals surface area contributed by atoms with Gasteiger partial charge in [0.15, 0.2) is 0 Å². The number of hydrogen-bond acceptors (Lipinski definition) is 3. The Morgan fingerprint density at radius 3 is 2.65 bits per heavy atom. The van der Waals surface area contributed by atoms with E-state index in [1.807, 2.05) is 11.3 Å².